The van der Waals surface area contributed by atoms with E-state index in [-0.39, 0.29) is 0 Å². The van der Waals surface area contributed by atoms with E-state index in [1.165, 1.54) is 35.7 Å². The number of hydrogen-bond acceptors (Lipinski definition) is 4. The quantitative estimate of drug-likeness (QED) is 0.830. The number of piperidine rings is 1. The van der Waals surface area contributed by atoms with Gasteiger partial charge >= 0.3 is 0 Å². The van der Waals surface area contributed by atoms with Crippen LogP contribution >= 0.6 is 11.3 Å². The van der Waals surface area contributed by atoms with Crippen LogP contribution < -0.4 is 0 Å². The average molecular weight is 277 g/mol. The van der Waals surface area contributed by atoms with Crippen molar-refractivity contribution in [2.24, 2.45) is 0 Å². The highest BCUT2D eigenvalue weighted by atomic mass is 32.1. The van der Waals surface area contributed by atoms with Crippen molar-refractivity contribution in [2.75, 3.05) is 13.1 Å². The molecule has 2 heterocycles. The summed E-state index contributed by atoms with van der Waals surface area (Å²) in [4.78, 5) is 8.45. The first-order chi connectivity index (χ1) is 9.24. The fraction of sp³-hybridized carbons (Fsp3) is 0.733. The van der Waals surface area contributed by atoms with Crippen molar-refractivity contribution in [2.45, 2.75) is 58.4 Å². The number of thiazole rings is 1. The number of hydrogen-bond donors (Lipinski definition) is 0. The zero-order chi connectivity index (χ0) is 13.7. The van der Waals surface area contributed by atoms with E-state index in [4.69, 9.17) is 10.2 Å². The van der Waals surface area contributed by atoms with E-state index in [0.29, 0.717) is 6.42 Å². The first-order valence-electron chi connectivity index (χ1n) is 7.33. The summed E-state index contributed by atoms with van der Waals surface area (Å²) in [6.07, 6.45) is 6.53. The molecule has 0 N–H and O–H groups in total. The summed E-state index contributed by atoms with van der Waals surface area (Å²) in [5, 5.41) is 10.0. The summed E-state index contributed by atoms with van der Waals surface area (Å²) in [6, 6.07) is 2.96. The van der Waals surface area contributed by atoms with Gasteiger partial charge in [0.25, 0.3) is 0 Å². The van der Waals surface area contributed by atoms with Crippen LogP contribution in [0.4, 0.5) is 0 Å². The van der Waals surface area contributed by atoms with Crippen LogP contribution in [0.25, 0.3) is 0 Å². The molecule has 1 fully saturated rings. The summed E-state index contributed by atoms with van der Waals surface area (Å²) in [6.45, 7) is 6.80. The highest BCUT2D eigenvalue weighted by Crippen LogP contribution is 2.22. The Morgan fingerprint density at radius 1 is 1.47 bits per heavy atom. The van der Waals surface area contributed by atoms with Crippen LogP contribution in [0.15, 0.2) is 0 Å². The summed E-state index contributed by atoms with van der Waals surface area (Å²) < 4.78 is 0. The van der Waals surface area contributed by atoms with E-state index in [2.05, 4.69) is 24.8 Å². The SMILES string of the molecule is CCc1nc(CCN2CCCCC2C)sc1CC#N. The summed E-state index contributed by atoms with van der Waals surface area (Å²) in [7, 11) is 0. The molecule has 1 aliphatic heterocycles. The highest BCUT2D eigenvalue weighted by Gasteiger charge is 2.18. The minimum absolute atomic E-state index is 0.515. The van der Waals surface area contributed by atoms with Gasteiger partial charge in [-0.3, -0.25) is 0 Å². The number of likely N-dealkylation sites (tertiary alicyclic amines) is 1. The Morgan fingerprint density at radius 3 is 3.00 bits per heavy atom. The first kappa shape index (κ1) is 14.5. The summed E-state index contributed by atoms with van der Waals surface area (Å²) in [5.41, 5.74) is 1.13. The molecule has 1 saturated heterocycles. The molecular weight excluding hydrogens is 254 g/mol. The molecule has 1 unspecified atom stereocenters. The molecule has 0 bridgehead atoms. The smallest absolute Gasteiger partial charge is 0.0944 e. The summed E-state index contributed by atoms with van der Waals surface area (Å²) >= 11 is 1.74. The van der Waals surface area contributed by atoms with Gasteiger partial charge < -0.3 is 4.90 Å². The molecule has 0 amide bonds. The van der Waals surface area contributed by atoms with Crippen molar-refractivity contribution < 1.29 is 0 Å². The zero-order valence-electron chi connectivity index (χ0n) is 12.0. The number of aromatic nitrogens is 1. The third-order valence-electron chi connectivity index (χ3n) is 3.95. The molecule has 0 aromatic carbocycles. The van der Waals surface area contributed by atoms with E-state index >= 15 is 0 Å². The van der Waals surface area contributed by atoms with Crippen molar-refractivity contribution in [1.29, 1.82) is 5.26 Å². The van der Waals surface area contributed by atoms with Crippen LogP contribution in [-0.2, 0) is 19.3 Å². The topological polar surface area (TPSA) is 39.9 Å². The maximum atomic E-state index is 8.84. The molecule has 0 spiro atoms. The molecule has 4 heteroatoms. The summed E-state index contributed by atoms with van der Waals surface area (Å²) in [5.74, 6) is 0. The lowest BCUT2D eigenvalue weighted by Gasteiger charge is -2.33. The van der Waals surface area contributed by atoms with Gasteiger partial charge in [-0.25, -0.2) is 4.98 Å². The maximum absolute atomic E-state index is 8.84. The predicted octanol–water partition coefficient (Wildman–Crippen LogP) is 3.19. The van der Waals surface area contributed by atoms with Gasteiger partial charge in [0.2, 0.25) is 0 Å². The molecule has 0 aliphatic carbocycles. The Labute approximate surface area is 120 Å². The second kappa shape index (κ2) is 7.02. The Kier molecular flexibility index (Phi) is 5.35. The number of aryl methyl sites for hydroxylation is 1. The molecule has 19 heavy (non-hydrogen) atoms. The van der Waals surface area contributed by atoms with Gasteiger partial charge in [0.1, 0.15) is 0 Å². The van der Waals surface area contributed by atoms with Gasteiger partial charge in [0.05, 0.1) is 23.2 Å². The monoisotopic (exact) mass is 277 g/mol. The van der Waals surface area contributed by atoms with Gasteiger partial charge in [-0.05, 0) is 32.7 Å². The molecule has 0 radical (unpaired) electrons. The van der Waals surface area contributed by atoms with Crippen molar-refractivity contribution in [1.82, 2.24) is 9.88 Å². The van der Waals surface area contributed by atoms with E-state index in [0.717, 1.165) is 31.1 Å². The Bertz CT molecular complexity index is 447. The van der Waals surface area contributed by atoms with Crippen LogP contribution in [0.5, 0.6) is 0 Å². The minimum atomic E-state index is 0.515. The minimum Gasteiger partial charge on any atom is -0.300 e. The number of rotatable bonds is 5. The molecular formula is C15H23N3S. The van der Waals surface area contributed by atoms with Crippen LogP contribution in [0.1, 0.15) is 48.7 Å². The van der Waals surface area contributed by atoms with Gasteiger partial charge in [0.15, 0.2) is 0 Å². The van der Waals surface area contributed by atoms with Gasteiger partial charge in [-0.1, -0.05) is 13.3 Å². The molecule has 1 aromatic heterocycles. The normalized spacial score (nSPS) is 20.4. The van der Waals surface area contributed by atoms with Crippen molar-refractivity contribution in [3.05, 3.63) is 15.6 Å². The lowest BCUT2D eigenvalue weighted by atomic mass is 10.0. The Hall–Kier alpha value is -0.920. The average Bonchev–Trinajstić information content (AvgIpc) is 2.81. The number of nitriles is 1. The van der Waals surface area contributed by atoms with Gasteiger partial charge in [-0.15, -0.1) is 11.3 Å². The standard InChI is InChI=1S/C15H23N3S/c1-3-13-14(7-9-16)19-15(17-13)8-11-18-10-5-4-6-12(18)2/h12H,3-8,10-11H2,1-2H3. The highest BCUT2D eigenvalue weighted by molar-refractivity contribution is 7.11. The Balaban J connectivity index is 1.93. The lowest BCUT2D eigenvalue weighted by Crippen LogP contribution is -2.38. The van der Waals surface area contributed by atoms with Crippen LogP contribution in [0.2, 0.25) is 0 Å². The van der Waals surface area contributed by atoms with Crippen molar-refractivity contribution in [3.8, 4) is 6.07 Å². The molecule has 1 atom stereocenters. The molecule has 1 aromatic rings. The van der Waals surface area contributed by atoms with Crippen LogP contribution in [0.3, 0.4) is 0 Å². The van der Waals surface area contributed by atoms with Gasteiger partial charge in [-0.2, -0.15) is 5.26 Å². The second-order valence-electron chi connectivity index (χ2n) is 5.30. The predicted molar refractivity (Wildman–Crippen MR) is 79.4 cm³/mol. The van der Waals surface area contributed by atoms with E-state index in [9.17, 15) is 0 Å². The van der Waals surface area contributed by atoms with Crippen LogP contribution in [0, 0.1) is 11.3 Å². The Morgan fingerprint density at radius 2 is 2.32 bits per heavy atom. The van der Waals surface area contributed by atoms with E-state index in [1.54, 1.807) is 11.3 Å². The van der Waals surface area contributed by atoms with Crippen molar-refractivity contribution in [3.63, 3.8) is 0 Å². The van der Waals surface area contributed by atoms with E-state index in [1.807, 2.05) is 0 Å². The molecule has 3 nitrogen and oxygen atoms in total. The fourth-order valence-corrected chi connectivity index (χ4v) is 3.84. The molecule has 2 rings (SSSR count). The van der Waals surface area contributed by atoms with Crippen LogP contribution in [-0.4, -0.2) is 29.0 Å². The molecule has 104 valence electrons. The largest absolute Gasteiger partial charge is 0.300 e. The molecule has 1 aliphatic rings. The van der Waals surface area contributed by atoms with Crippen molar-refractivity contribution >= 4 is 11.3 Å². The third kappa shape index (κ3) is 3.77. The number of nitrogens with zero attached hydrogens (tertiary/aromatic N) is 3. The first-order valence-corrected chi connectivity index (χ1v) is 8.14. The third-order valence-corrected chi connectivity index (χ3v) is 5.11. The fourth-order valence-electron chi connectivity index (χ4n) is 2.76. The maximum Gasteiger partial charge on any atom is 0.0944 e. The second-order valence-corrected chi connectivity index (χ2v) is 6.46. The molecule has 0 saturated carbocycles. The lowest BCUT2D eigenvalue weighted by molar-refractivity contribution is 0.163. The van der Waals surface area contributed by atoms with E-state index < -0.39 is 0 Å². The zero-order valence-corrected chi connectivity index (χ0v) is 12.8. The van der Waals surface area contributed by atoms with Gasteiger partial charge in [0, 0.05) is 23.9 Å².